The van der Waals surface area contributed by atoms with Gasteiger partial charge >= 0.3 is 0 Å². The summed E-state index contributed by atoms with van der Waals surface area (Å²) in [5.41, 5.74) is 1.44. The highest BCUT2D eigenvalue weighted by atomic mass is 35.5. The number of aromatic nitrogens is 1. The van der Waals surface area contributed by atoms with Gasteiger partial charge in [0.2, 0.25) is 0 Å². The predicted molar refractivity (Wildman–Crippen MR) is 58.2 cm³/mol. The third-order valence-electron chi connectivity index (χ3n) is 1.72. The van der Waals surface area contributed by atoms with Gasteiger partial charge in [-0.3, -0.25) is 9.78 Å². The standard InChI is InChI=1S/C9H11ClNO2P/c1-6-4-7(9(10)12)5-8(11-6)14(2,3)13/h4-5H,1-3H3. The zero-order valence-electron chi connectivity index (χ0n) is 8.24. The molecule has 0 bridgehead atoms. The number of rotatable bonds is 2. The molecular formula is C9H11ClNO2P. The molecule has 0 saturated heterocycles. The van der Waals surface area contributed by atoms with E-state index in [4.69, 9.17) is 11.6 Å². The third-order valence-corrected chi connectivity index (χ3v) is 3.27. The van der Waals surface area contributed by atoms with Crippen molar-refractivity contribution < 1.29 is 9.36 Å². The number of halogens is 1. The molecule has 1 heterocycles. The van der Waals surface area contributed by atoms with Gasteiger partial charge in [-0.1, -0.05) is 0 Å². The summed E-state index contributed by atoms with van der Waals surface area (Å²) in [4.78, 5) is 15.0. The fourth-order valence-electron chi connectivity index (χ4n) is 1.04. The second-order valence-electron chi connectivity index (χ2n) is 3.48. The Kier molecular flexibility index (Phi) is 3.13. The fourth-order valence-corrected chi connectivity index (χ4v) is 2.00. The summed E-state index contributed by atoms with van der Waals surface area (Å²) < 4.78 is 11.7. The Morgan fingerprint density at radius 2 is 2.00 bits per heavy atom. The number of nitrogens with zero attached hydrogens (tertiary/aromatic N) is 1. The van der Waals surface area contributed by atoms with Gasteiger partial charge in [0.1, 0.15) is 12.6 Å². The van der Waals surface area contributed by atoms with E-state index in [0.717, 1.165) is 0 Å². The van der Waals surface area contributed by atoms with Crippen LogP contribution in [0.1, 0.15) is 16.1 Å². The minimum Gasteiger partial charge on any atom is -0.318 e. The first-order valence-electron chi connectivity index (χ1n) is 4.05. The van der Waals surface area contributed by atoms with E-state index in [9.17, 15) is 9.36 Å². The predicted octanol–water partition coefficient (Wildman–Crippen LogP) is 2.02. The molecule has 0 aliphatic carbocycles. The highest BCUT2D eigenvalue weighted by molar-refractivity contribution is 7.69. The van der Waals surface area contributed by atoms with Crippen LogP contribution in [0.25, 0.3) is 0 Å². The van der Waals surface area contributed by atoms with E-state index in [1.807, 2.05) is 0 Å². The van der Waals surface area contributed by atoms with Crippen LogP contribution in [0, 0.1) is 6.92 Å². The third kappa shape index (κ3) is 2.66. The monoisotopic (exact) mass is 231 g/mol. The molecule has 0 saturated carbocycles. The van der Waals surface area contributed by atoms with Gasteiger partial charge in [-0.05, 0) is 44.0 Å². The first kappa shape index (κ1) is 11.4. The van der Waals surface area contributed by atoms with Crippen LogP contribution >= 0.6 is 18.7 Å². The van der Waals surface area contributed by atoms with Crippen molar-refractivity contribution in [3.05, 3.63) is 23.4 Å². The molecule has 0 radical (unpaired) electrons. The summed E-state index contributed by atoms with van der Waals surface area (Å²) in [6.07, 6.45) is 0. The lowest BCUT2D eigenvalue weighted by atomic mass is 10.2. The molecule has 0 aromatic carbocycles. The summed E-state index contributed by atoms with van der Waals surface area (Å²) in [5, 5.41) is -0.551. The number of aryl methyl sites for hydroxylation is 1. The van der Waals surface area contributed by atoms with E-state index in [2.05, 4.69) is 4.98 Å². The number of carbonyl (C=O) groups excluding carboxylic acids is 1. The van der Waals surface area contributed by atoms with Crippen LogP contribution in [0.2, 0.25) is 0 Å². The minimum atomic E-state index is -2.43. The lowest BCUT2D eigenvalue weighted by Gasteiger charge is -2.07. The number of hydrogen-bond acceptors (Lipinski definition) is 3. The zero-order valence-corrected chi connectivity index (χ0v) is 9.89. The summed E-state index contributed by atoms with van der Waals surface area (Å²) >= 11 is 5.34. The van der Waals surface area contributed by atoms with Crippen molar-refractivity contribution >= 4 is 29.4 Å². The van der Waals surface area contributed by atoms with E-state index >= 15 is 0 Å². The maximum absolute atomic E-state index is 11.7. The Hall–Kier alpha value is -0.660. The Morgan fingerprint density at radius 1 is 1.43 bits per heavy atom. The summed E-state index contributed by atoms with van der Waals surface area (Å²) in [5.74, 6) is 0. The number of hydrogen-bond donors (Lipinski definition) is 0. The Morgan fingerprint density at radius 3 is 2.43 bits per heavy atom. The Balaban J connectivity index is 3.35. The second-order valence-corrected chi connectivity index (χ2v) is 6.98. The van der Waals surface area contributed by atoms with Gasteiger partial charge in [0, 0.05) is 11.3 Å². The van der Waals surface area contributed by atoms with Gasteiger partial charge in [0.15, 0.2) is 0 Å². The minimum absolute atomic E-state index is 0.345. The van der Waals surface area contributed by atoms with Crippen LogP contribution in [-0.2, 0) is 4.57 Å². The quantitative estimate of drug-likeness (QED) is 0.578. The second kappa shape index (κ2) is 3.84. The molecule has 76 valence electrons. The molecule has 0 aliphatic rings. The van der Waals surface area contributed by atoms with E-state index in [1.54, 1.807) is 26.3 Å². The smallest absolute Gasteiger partial charge is 0.252 e. The average molecular weight is 232 g/mol. The van der Waals surface area contributed by atoms with Crippen molar-refractivity contribution in [3.63, 3.8) is 0 Å². The van der Waals surface area contributed by atoms with Gasteiger partial charge in [0.25, 0.3) is 5.24 Å². The van der Waals surface area contributed by atoms with Gasteiger partial charge in [0.05, 0.1) is 0 Å². The lowest BCUT2D eigenvalue weighted by Crippen LogP contribution is -2.12. The van der Waals surface area contributed by atoms with Gasteiger partial charge in [-0.2, -0.15) is 0 Å². The maximum Gasteiger partial charge on any atom is 0.252 e. The van der Waals surface area contributed by atoms with Crippen molar-refractivity contribution in [3.8, 4) is 0 Å². The normalized spacial score (nSPS) is 11.4. The fraction of sp³-hybridized carbons (Fsp3) is 0.333. The molecule has 14 heavy (non-hydrogen) atoms. The lowest BCUT2D eigenvalue weighted by molar-refractivity contribution is 0.108. The molecule has 0 spiro atoms. The SMILES string of the molecule is Cc1cc(C(=O)Cl)cc(P(C)(C)=O)n1. The van der Waals surface area contributed by atoms with E-state index in [-0.39, 0.29) is 0 Å². The molecule has 5 heteroatoms. The maximum atomic E-state index is 11.7. The van der Waals surface area contributed by atoms with E-state index < -0.39 is 12.4 Å². The van der Waals surface area contributed by atoms with Crippen molar-refractivity contribution in [2.75, 3.05) is 13.3 Å². The van der Waals surface area contributed by atoms with Gasteiger partial charge < -0.3 is 4.57 Å². The van der Waals surface area contributed by atoms with Crippen molar-refractivity contribution in [1.29, 1.82) is 0 Å². The average Bonchev–Trinajstić information content (AvgIpc) is 2.01. The Labute approximate surface area is 87.9 Å². The highest BCUT2D eigenvalue weighted by Gasteiger charge is 2.15. The molecule has 0 unspecified atom stereocenters. The molecule has 0 fully saturated rings. The Bertz CT molecular complexity index is 425. The first-order valence-corrected chi connectivity index (χ1v) is 7.02. The summed E-state index contributed by atoms with van der Waals surface area (Å²) in [6.45, 7) is 4.96. The topological polar surface area (TPSA) is 47.0 Å². The van der Waals surface area contributed by atoms with Crippen LogP contribution < -0.4 is 5.44 Å². The summed E-state index contributed by atoms with van der Waals surface area (Å²) in [7, 11) is -2.43. The molecule has 1 aromatic rings. The van der Waals surface area contributed by atoms with Crippen LogP contribution in [0.5, 0.6) is 0 Å². The molecule has 0 amide bonds. The molecular weight excluding hydrogens is 221 g/mol. The first-order chi connectivity index (χ1) is 6.30. The van der Waals surface area contributed by atoms with Crippen LogP contribution in [0.3, 0.4) is 0 Å². The molecule has 0 aliphatic heterocycles. The van der Waals surface area contributed by atoms with E-state index in [0.29, 0.717) is 16.7 Å². The molecule has 3 nitrogen and oxygen atoms in total. The van der Waals surface area contributed by atoms with Crippen molar-refractivity contribution in [1.82, 2.24) is 4.98 Å². The van der Waals surface area contributed by atoms with Crippen molar-refractivity contribution in [2.45, 2.75) is 6.92 Å². The largest absolute Gasteiger partial charge is 0.318 e. The van der Waals surface area contributed by atoms with Crippen LogP contribution in [0.15, 0.2) is 12.1 Å². The zero-order chi connectivity index (χ0) is 10.9. The van der Waals surface area contributed by atoms with Crippen LogP contribution in [-0.4, -0.2) is 23.6 Å². The molecule has 1 aromatic heterocycles. The molecule has 0 atom stereocenters. The molecule has 1 rings (SSSR count). The van der Waals surface area contributed by atoms with Gasteiger partial charge in [-0.25, -0.2) is 0 Å². The van der Waals surface area contributed by atoms with Gasteiger partial charge in [-0.15, -0.1) is 0 Å². The number of pyridine rings is 1. The highest BCUT2D eigenvalue weighted by Crippen LogP contribution is 2.33. The summed E-state index contributed by atoms with van der Waals surface area (Å²) in [6, 6.07) is 3.07. The van der Waals surface area contributed by atoms with Crippen LogP contribution in [0.4, 0.5) is 0 Å². The van der Waals surface area contributed by atoms with Crippen molar-refractivity contribution in [2.24, 2.45) is 0 Å². The number of carbonyl (C=O) groups is 1. The van der Waals surface area contributed by atoms with E-state index in [1.165, 1.54) is 6.07 Å². The molecule has 0 N–H and O–H groups in total.